The fraction of sp³-hybridized carbons (Fsp3) is 0.615. The summed E-state index contributed by atoms with van der Waals surface area (Å²) < 4.78 is 9.97. The van der Waals surface area contributed by atoms with Crippen LogP contribution in [-0.4, -0.2) is 25.2 Å². The molecule has 0 atom stereocenters. The van der Waals surface area contributed by atoms with Crippen molar-refractivity contribution < 1.29 is 19.1 Å². The molecule has 30 heavy (non-hydrogen) atoms. The molecule has 1 aromatic carbocycles. The molecule has 0 heterocycles. The number of unbranched alkanes of at least 4 members (excludes halogenated alkanes) is 4. The number of hydrogen-bond donors (Lipinski definition) is 0. The number of benzene rings is 1. The highest BCUT2D eigenvalue weighted by Gasteiger charge is 2.08. The summed E-state index contributed by atoms with van der Waals surface area (Å²) in [6, 6.07) is 4.66. The van der Waals surface area contributed by atoms with Crippen molar-refractivity contribution in [3.8, 4) is 0 Å². The van der Waals surface area contributed by atoms with Crippen LogP contribution in [0.15, 0.2) is 18.2 Å². The van der Waals surface area contributed by atoms with Gasteiger partial charge in [-0.1, -0.05) is 37.1 Å². The van der Waals surface area contributed by atoms with Gasteiger partial charge in [-0.3, -0.25) is 9.59 Å². The Morgan fingerprint density at radius 2 is 1.33 bits per heavy atom. The molecule has 0 fully saturated rings. The van der Waals surface area contributed by atoms with Crippen LogP contribution in [0.25, 0.3) is 6.08 Å². The van der Waals surface area contributed by atoms with Crippen molar-refractivity contribution >= 4 is 18.0 Å². The highest BCUT2D eigenvalue weighted by Crippen LogP contribution is 2.22. The van der Waals surface area contributed by atoms with Crippen LogP contribution in [-0.2, 0) is 31.9 Å². The highest BCUT2D eigenvalue weighted by atomic mass is 16.5. The van der Waals surface area contributed by atoms with E-state index in [4.69, 9.17) is 9.47 Å². The summed E-state index contributed by atoms with van der Waals surface area (Å²) in [6.45, 7) is 8.86. The van der Waals surface area contributed by atoms with E-state index in [0.29, 0.717) is 26.1 Å². The SMILES string of the molecule is C/C=C/c1cc(CCCCCC(=O)OCC)c(C)cc1CCCCCC(=O)OCC. The van der Waals surface area contributed by atoms with Gasteiger partial charge in [-0.25, -0.2) is 0 Å². The zero-order chi connectivity index (χ0) is 22.2. The minimum absolute atomic E-state index is 0.0874. The molecule has 0 spiro atoms. The van der Waals surface area contributed by atoms with E-state index in [9.17, 15) is 9.59 Å². The smallest absolute Gasteiger partial charge is 0.305 e. The van der Waals surface area contributed by atoms with Crippen LogP contribution >= 0.6 is 0 Å². The Bertz CT molecular complexity index is 676. The molecule has 0 bridgehead atoms. The van der Waals surface area contributed by atoms with Crippen molar-refractivity contribution in [2.75, 3.05) is 13.2 Å². The van der Waals surface area contributed by atoms with Gasteiger partial charge in [-0.15, -0.1) is 0 Å². The summed E-state index contributed by atoms with van der Waals surface area (Å²) in [6.07, 6.45) is 13.4. The second-order valence-corrected chi connectivity index (χ2v) is 7.71. The van der Waals surface area contributed by atoms with Gasteiger partial charge in [0.25, 0.3) is 0 Å². The van der Waals surface area contributed by atoms with Crippen molar-refractivity contribution in [1.82, 2.24) is 0 Å². The molecule has 0 N–H and O–H groups in total. The molecule has 4 nitrogen and oxygen atoms in total. The van der Waals surface area contributed by atoms with Crippen LogP contribution in [0.1, 0.15) is 94.4 Å². The van der Waals surface area contributed by atoms with E-state index in [-0.39, 0.29) is 11.9 Å². The maximum Gasteiger partial charge on any atom is 0.305 e. The fourth-order valence-corrected chi connectivity index (χ4v) is 3.64. The zero-order valence-corrected chi connectivity index (χ0v) is 19.4. The third-order valence-corrected chi connectivity index (χ3v) is 5.21. The van der Waals surface area contributed by atoms with Gasteiger partial charge in [0.1, 0.15) is 0 Å². The third-order valence-electron chi connectivity index (χ3n) is 5.21. The fourth-order valence-electron chi connectivity index (χ4n) is 3.64. The van der Waals surface area contributed by atoms with Crippen molar-refractivity contribution in [2.24, 2.45) is 0 Å². The van der Waals surface area contributed by atoms with E-state index in [1.807, 2.05) is 13.8 Å². The number of hydrogen-bond acceptors (Lipinski definition) is 4. The summed E-state index contributed by atoms with van der Waals surface area (Å²) in [5, 5.41) is 0. The number of esters is 2. The Morgan fingerprint density at radius 3 is 1.83 bits per heavy atom. The first kappa shape index (κ1) is 25.9. The molecule has 0 aliphatic heterocycles. The monoisotopic (exact) mass is 416 g/mol. The van der Waals surface area contributed by atoms with Crippen LogP contribution in [0.3, 0.4) is 0 Å². The number of ether oxygens (including phenoxy) is 2. The lowest BCUT2D eigenvalue weighted by Gasteiger charge is -2.13. The number of carbonyl (C=O) groups excluding carboxylic acids is 2. The van der Waals surface area contributed by atoms with Gasteiger partial charge >= 0.3 is 11.9 Å². The summed E-state index contributed by atoms with van der Waals surface area (Å²) in [4.78, 5) is 22.9. The molecular weight excluding hydrogens is 376 g/mol. The van der Waals surface area contributed by atoms with E-state index < -0.39 is 0 Å². The molecule has 0 amide bonds. The molecule has 0 aliphatic rings. The van der Waals surface area contributed by atoms with Gasteiger partial charge in [0.05, 0.1) is 13.2 Å². The molecule has 0 aliphatic carbocycles. The Balaban J connectivity index is 2.51. The molecular formula is C26H40O4. The van der Waals surface area contributed by atoms with E-state index in [0.717, 1.165) is 51.4 Å². The van der Waals surface area contributed by atoms with Crippen LogP contribution in [0.4, 0.5) is 0 Å². The number of rotatable bonds is 15. The lowest BCUT2D eigenvalue weighted by Crippen LogP contribution is -2.03. The van der Waals surface area contributed by atoms with Gasteiger partial charge in [0, 0.05) is 12.8 Å². The zero-order valence-electron chi connectivity index (χ0n) is 19.4. The molecule has 4 heteroatoms. The van der Waals surface area contributed by atoms with Crippen LogP contribution in [0.2, 0.25) is 0 Å². The van der Waals surface area contributed by atoms with Crippen molar-refractivity contribution in [2.45, 2.75) is 91.9 Å². The van der Waals surface area contributed by atoms with Crippen LogP contribution in [0, 0.1) is 6.92 Å². The van der Waals surface area contributed by atoms with E-state index in [1.165, 1.54) is 22.3 Å². The Kier molecular flexibility index (Phi) is 13.6. The van der Waals surface area contributed by atoms with E-state index in [2.05, 4.69) is 38.1 Å². The van der Waals surface area contributed by atoms with Gasteiger partial charge in [-0.05, 0) is 88.5 Å². The van der Waals surface area contributed by atoms with Gasteiger partial charge in [0.2, 0.25) is 0 Å². The number of allylic oxidation sites excluding steroid dienone is 1. The first-order valence-corrected chi connectivity index (χ1v) is 11.6. The minimum atomic E-state index is -0.0884. The maximum absolute atomic E-state index is 11.4. The summed E-state index contributed by atoms with van der Waals surface area (Å²) in [5.41, 5.74) is 5.42. The van der Waals surface area contributed by atoms with Gasteiger partial charge < -0.3 is 9.47 Å². The first-order valence-electron chi connectivity index (χ1n) is 11.6. The molecule has 0 aromatic heterocycles. The Hall–Kier alpha value is -2.10. The lowest BCUT2D eigenvalue weighted by atomic mass is 9.92. The number of aryl methyl sites for hydroxylation is 3. The summed E-state index contributed by atoms with van der Waals surface area (Å²) in [5.74, 6) is -0.176. The normalized spacial score (nSPS) is 11.1. The van der Waals surface area contributed by atoms with Gasteiger partial charge in [-0.2, -0.15) is 0 Å². The predicted molar refractivity (Wildman–Crippen MR) is 123 cm³/mol. The quantitative estimate of drug-likeness (QED) is 0.246. The van der Waals surface area contributed by atoms with Crippen molar-refractivity contribution in [3.63, 3.8) is 0 Å². The topological polar surface area (TPSA) is 52.6 Å². The van der Waals surface area contributed by atoms with Gasteiger partial charge in [0.15, 0.2) is 0 Å². The molecule has 0 unspecified atom stereocenters. The van der Waals surface area contributed by atoms with Crippen molar-refractivity contribution in [1.29, 1.82) is 0 Å². The van der Waals surface area contributed by atoms with E-state index in [1.54, 1.807) is 0 Å². The summed E-state index contributed by atoms with van der Waals surface area (Å²) >= 11 is 0. The average Bonchev–Trinajstić information content (AvgIpc) is 2.70. The molecule has 0 radical (unpaired) electrons. The molecule has 0 saturated heterocycles. The third kappa shape index (κ3) is 10.6. The standard InChI is InChI=1S/C26H40O4/c1-5-14-23-20-22(15-10-8-12-17-25(27)29-6-2)21(4)19-24(23)16-11-9-13-18-26(28)30-7-3/h5,14,19-20H,6-13,15-18H2,1-4H3/b14-5+. The molecule has 168 valence electrons. The average molecular weight is 417 g/mol. The molecule has 1 aromatic rings. The molecule has 1 rings (SSSR count). The second-order valence-electron chi connectivity index (χ2n) is 7.71. The Morgan fingerprint density at radius 1 is 0.800 bits per heavy atom. The Labute approximate surface area is 183 Å². The van der Waals surface area contributed by atoms with E-state index >= 15 is 0 Å². The second kappa shape index (κ2) is 15.7. The maximum atomic E-state index is 11.4. The predicted octanol–water partition coefficient (Wildman–Crippen LogP) is 6.36. The van der Waals surface area contributed by atoms with Crippen LogP contribution in [0.5, 0.6) is 0 Å². The number of carbonyl (C=O) groups is 2. The largest absolute Gasteiger partial charge is 0.466 e. The molecule has 0 saturated carbocycles. The minimum Gasteiger partial charge on any atom is -0.466 e. The lowest BCUT2D eigenvalue weighted by molar-refractivity contribution is -0.144. The van der Waals surface area contributed by atoms with Crippen molar-refractivity contribution in [3.05, 3.63) is 40.5 Å². The van der Waals surface area contributed by atoms with Crippen LogP contribution < -0.4 is 0 Å². The highest BCUT2D eigenvalue weighted by molar-refractivity contribution is 5.69. The summed E-state index contributed by atoms with van der Waals surface area (Å²) in [7, 11) is 0. The first-order chi connectivity index (χ1) is 14.5.